The standard InChI is InChI=1S/C7H13NO/c1-4-6(5(2)3)7(8)9/h6H,2,4H2,1,3H3,(H2,8,9). The summed E-state index contributed by atoms with van der Waals surface area (Å²) >= 11 is 0. The lowest BCUT2D eigenvalue weighted by molar-refractivity contribution is -0.120. The van der Waals surface area contributed by atoms with Gasteiger partial charge in [-0.05, 0) is 13.3 Å². The Bertz CT molecular complexity index is 115. The van der Waals surface area contributed by atoms with Gasteiger partial charge in [-0.15, -0.1) is 0 Å². The number of nitrogens with two attached hydrogens (primary N) is 1. The topological polar surface area (TPSA) is 43.1 Å². The predicted octanol–water partition coefficient (Wildman–Crippen LogP) is 1.07. The van der Waals surface area contributed by atoms with Gasteiger partial charge in [0.25, 0.3) is 0 Å². The van der Waals surface area contributed by atoms with Gasteiger partial charge in [-0.3, -0.25) is 4.79 Å². The van der Waals surface area contributed by atoms with E-state index in [0.29, 0.717) is 0 Å². The molecular weight excluding hydrogens is 114 g/mol. The summed E-state index contributed by atoms with van der Waals surface area (Å²) in [6.07, 6.45) is 0.755. The third-order valence-corrected chi connectivity index (χ3v) is 1.35. The van der Waals surface area contributed by atoms with Crippen molar-refractivity contribution in [2.75, 3.05) is 0 Å². The maximum absolute atomic E-state index is 10.5. The van der Waals surface area contributed by atoms with E-state index in [1.54, 1.807) is 0 Å². The van der Waals surface area contributed by atoms with Crippen molar-refractivity contribution in [2.45, 2.75) is 20.3 Å². The lowest BCUT2D eigenvalue weighted by Gasteiger charge is -2.08. The van der Waals surface area contributed by atoms with Gasteiger partial charge >= 0.3 is 0 Å². The van der Waals surface area contributed by atoms with Crippen LogP contribution in [0.2, 0.25) is 0 Å². The first-order chi connectivity index (χ1) is 4.09. The van der Waals surface area contributed by atoms with Crippen LogP contribution in [0.4, 0.5) is 0 Å². The molecule has 0 bridgehead atoms. The maximum Gasteiger partial charge on any atom is 0.224 e. The third kappa shape index (κ3) is 2.31. The minimum atomic E-state index is -0.273. The fourth-order valence-corrected chi connectivity index (χ4v) is 0.792. The van der Waals surface area contributed by atoms with Crippen molar-refractivity contribution in [1.29, 1.82) is 0 Å². The lowest BCUT2D eigenvalue weighted by Crippen LogP contribution is -2.22. The second-order valence-corrected chi connectivity index (χ2v) is 2.21. The van der Waals surface area contributed by atoms with Crippen LogP contribution in [0.15, 0.2) is 12.2 Å². The summed E-state index contributed by atoms with van der Waals surface area (Å²) in [7, 11) is 0. The zero-order valence-electron chi connectivity index (χ0n) is 5.98. The molecule has 0 aliphatic heterocycles. The van der Waals surface area contributed by atoms with Crippen molar-refractivity contribution in [2.24, 2.45) is 11.7 Å². The number of carbonyl (C=O) groups excluding carboxylic acids is 1. The lowest BCUT2D eigenvalue weighted by atomic mass is 9.99. The predicted molar refractivity (Wildman–Crippen MR) is 37.8 cm³/mol. The van der Waals surface area contributed by atoms with Gasteiger partial charge in [0, 0.05) is 0 Å². The van der Waals surface area contributed by atoms with Crippen molar-refractivity contribution in [1.82, 2.24) is 0 Å². The van der Waals surface area contributed by atoms with Gasteiger partial charge in [-0.25, -0.2) is 0 Å². The normalized spacial score (nSPS) is 12.7. The summed E-state index contributed by atoms with van der Waals surface area (Å²) in [5.41, 5.74) is 5.90. The van der Waals surface area contributed by atoms with E-state index in [-0.39, 0.29) is 11.8 Å². The van der Waals surface area contributed by atoms with Crippen molar-refractivity contribution in [3.8, 4) is 0 Å². The summed E-state index contributed by atoms with van der Waals surface area (Å²) in [4.78, 5) is 10.5. The molecule has 0 heterocycles. The van der Waals surface area contributed by atoms with Crippen molar-refractivity contribution < 1.29 is 4.79 Å². The quantitative estimate of drug-likeness (QED) is 0.566. The Morgan fingerprint density at radius 3 is 2.22 bits per heavy atom. The molecule has 0 saturated heterocycles. The SMILES string of the molecule is C=C(C)C(CC)C(N)=O. The minimum Gasteiger partial charge on any atom is -0.369 e. The molecule has 0 saturated carbocycles. The molecule has 2 heteroatoms. The van der Waals surface area contributed by atoms with Crippen LogP contribution in [0.5, 0.6) is 0 Å². The highest BCUT2D eigenvalue weighted by atomic mass is 16.1. The van der Waals surface area contributed by atoms with E-state index in [0.717, 1.165) is 12.0 Å². The van der Waals surface area contributed by atoms with E-state index in [1.807, 2.05) is 13.8 Å². The number of carbonyl (C=O) groups is 1. The summed E-state index contributed by atoms with van der Waals surface area (Å²) in [6, 6.07) is 0. The Hall–Kier alpha value is -0.790. The third-order valence-electron chi connectivity index (χ3n) is 1.35. The average Bonchev–Trinajstić information content (AvgIpc) is 1.64. The van der Waals surface area contributed by atoms with E-state index < -0.39 is 0 Å². The van der Waals surface area contributed by atoms with Gasteiger partial charge in [0.05, 0.1) is 5.92 Å². The van der Waals surface area contributed by atoms with Crippen LogP contribution in [-0.4, -0.2) is 5.91 Å². The Labute approximate surface area is 55.7 Å². The van der Waals surface area contributed by atoms with E-state index in [4.69, 9.17) is 5.73 Å². The van der Waals surface area contributed by atoms with Crippen molar-refractivity contribution in [3.05, 3.63) is 12.2 Å². The number of rotatable bonds is 3. The van der Waals surface area contributed by atoms with Crippen LogP contribution in [0.25, 0.3) is 0 Å². The highest BCUT2D eigenvalue weighted by Crippen LogP contribution is 2.10. The summed E-state index contributed by atoms with van der Waals surface area (Å²) in [5, 5.41) is 0. The van der Waals surface area contributed by atoms with Crippen LogP contribution in [0.3, 0.4) is 0 Å². The zero-order valence-corrected chi connectivity index (χ0v) is 5.98. The van der Waals surface area contributed by atoms with E-state index in [2.05, 4.69) is 6.58 Å². The first kappa shape index (κ1) is 8.21. The summed E-state index contributed by atoms with van der Waals surface area (Å²) in [5.74, 6) is -0.407. The van der Waals surface area contributed by atoms with Crippen LogP contribution >= 0.6 is 0 Å². The Morgan fingerprint density at radius 1 is 1.78 bits per heavy atom. The molecule has 2 N–H and O–H groups in total. The average molecular weight is 127 g/mol. The fourth-order valence-electron chi connectivity index (χ4n) is 0.792. The molecule has 0 spiro atoms. The van der Waals surface area contributed by atoms with Gasteiger partial charge in [-0.1, -0.05) is 19.1 Å². The second-order valence-electron chi connectivity index (χ2n) is 2.21. The van der Waals surface area contributed by atoms with Crippen LogP contribution in [-0.2, 0) is 4.79 Å². The van der Waals surface area contributed by atoms with Crippen LogP contribution < -0.4 is 5.73 Å². The Balaban J connectivity index is 3.99. The number of hydrogen-bond acceptors (Lipinski definition) is 1. The minimum absolute atomic E-state index is 0.134. The first-order valence-corrected chi connectivity index (χ1v) is 3.04. The molecule has 0 aliphatic rings. The summed E-state index contributed by atoms with van der Waals surface area (Å²) < 4.78 is 0. The number of primary amides is 1. The number of amides is 1. The van der Waals surface area contributed by atoms with Gasteiger partial charge < -0.3 is 5.73 Å². The molecule has 0 rings (SSSR count). The molecule has 1 amide bonds. The molecule has 2 nitrogen and oxygen atoms in total. The van der Waals surface area contributed by atoms with E-state index >= 15 is 0 Å². The fraction of sp³-hybridized carbons (Fsp3) is 0.571. The van der Waals surface area contributed by atoms with E-state index in [1.165, 1.54) is 0 Å². The molecule has 52 valence electrons. The second kappa shape index (κ2) is 3.28. The van der Waals surface area contributed by atoms with Crippen LogP contribution in [0.1, 0.15) is 20.3 Å². The maximum atomic E-state index is 10.5. The monoisotopic (exact) mass is 127 g/mol. The molecular formula is C7H13NO. The van der Waals surface area contributed by atoms with Gasteiger partial charge in [-0.2, -0.15) is 0 Å². The molecule has 1 atom stereocenters. The summed E-state index contributed by atoms with van der Waals surface area (Å²) in [6.45, 7) is 7.39. The van der Waals surface area contributed by atoms with Gasteiger partial charge in [0.2, 0.25) is 5.91 Å². The molecule has 0 aromatic heterocycles. The Kier molecular flexibility index (Phi) is 2.99. The molecule has 1 unspecified atom stereocenters. The van der Waals surface area contributed by atoms with Crippen LogP contribution in [0, 0.1) is 5.92 Å². The van der Waals surface area contributed by atoms with Crippen molar-refractivity contribution in [3.63, 3.8) is 0 Å². The highest BCUT2D eigenvalue weighted by molar-refractivity contribution is 5.79. The number of hydrogen-bond donors (Lipinski definition) is 1. The Morgan fingerprint density at radius 2 is 2.22 bits per heavy atom. The van der Waals surface area contributed by atoms with E-state index in [9.17, 15) is 4.79 Å². The molecule has 9 heavy (non-hydrogen) atoms. The highest BCUT2D eigenvalue weighted by Gasteiger charge is 2.11. The largest absolute Gasteiger partial charge is 0.369 e. The molecule has 0 aromatic rings. The molecule has 0 radical (unpaired) electrons. The molecule has 0 aromatic carbocycles. The zero-order chi connectivity index (χ0) is 7.44. The first-order valence-electron chi connectivity index (χ1n) is 3.04. The molecule has 0 aliphatic carbocycles. The molecule has 0 fully saturated rings. The van der Waals surface area contributed by atoms with Gasteiger partial charge in [0.1, 0.15) is 0 Å². The smallest absolute Gasteiger partial charge is 0.224 e. The van der Waals surface area contributed by atoms with Crippen molar-refractivity contribution >= 4 is 5.91 Å². The van der Waals surface area contributed by atoms with Gasteiger partial charge in [0.15, 0.2) is 0 Å².